The first-order chi connectivity index (χ1) is 5.79. The van der Waals surface area contributed by atoms with Crippen LogP contribution in [0.1, 0.15) is 0 Å². The molecule has 4 heteroatoms. The molecule has 0 bridgehead atoms. The molecule has 0 unspecified atom stereocenters. The van der Waals surface area contributed by atoms with Crippen molar-refractivity contribution in [3.63, 3.8) is 0 Å². The molecule has 1 amide bonds. The van der Waals surface area contributed by atoms with Crippen LogP contribution < -0.4 is 21.2 Å². The number of carbonyl (C=O) groups excluding carboxylic acids is 1. The average Bonchev–Trinajstić information content (AvgIpc) is 2.30. The topological polar surface area (TPSA) is 20.3 Å². The summed E-state index contributed by atoms with van der Waals surface area (Å²) in [5.74, 6) is 0.150. The fraction of sp³-hybridized carbons (Fsp3) is 0.125. The molecule has 0 fully saturated rings. The second-order valence-corrected chi connectivity index (χ2v) is 5.80. The third kappa shape index (κ3) is 1.46. The van der Waals surface area contributed by atoms with Crippen molar-refractivity contribution in [1.82, 2.24) is 3.11 Å². The molecule has 0 aromatic heterocycles. The molecule has 0 atom stereocenters. The zero-order chi connectivity index (χ0) is 8.55. The van der Waals surface area contributed by atoms with Crippen LogP contribution in [0.3, 0.4) is 0 Å². The van der Waals surface area contributed by atoms with E-state index in [1.165, 1.54) is 5.57 Å². The van der Waals surface area contributed by atoms with E-state index < -0.39 is 0 Å². The maximum atomic E-state index is 11.5. The molecule has 0 aromatic carbocycles. The third-order valence-electron chi connectivity index (χ3n) is 1.75. The first kappa shape index (κ1) is 8.74. The van der Waals surface area contributed by atoms with Crippen molar-refractivity contribution in [2.75, 3.05) is 6.54 Å². The fourth-order valence-corrected chi connectivity index (χ4v) is 3.23. The van der Waals surface area contributed by atoms with E-state index in [4.69, 9.17) is 0 Å². The second kappa shape index (κ2) is 3.49. The molecule has 0 saturated carbocycles. The molecule has 0 aliphatic carbocycles. The van der Waals surface area contributed by atoms with Crippen molar-refractivity contribution in [2.24, 2.45) is 0 Å². The minimum atomic E-state index is 0.0507. The molecular weight excluding hydrogens is 380 g/mol. The van der Waals surface area contributed by atoms with Gasteiger partial charge in [0.25, 0.3) is 0 Å². The van der Waals surface area contributed by atoms with Crippen LogP contribution in [-0.2, 0) is 4.79 Å². The number of nitrogens with zero attached hydrogens (tertiary/aromatic N) is 1. The van der Waals surface area contributed by atoms with E-state index in [1.807, 2.05) is 6.08 Å². The van der Waals surface area contributed by atoms with Gasteiger partial charge in [-0.2, -0.15) is 0 Å². The van der Waals surface area contributed by atoms with Crippen molar-refractivity contribution < 1.29 is 26.0 Å². The van der Waals surface area contributed by atoms with E-state index in [-0.39, 0.29) is 27.1 Å². The van der Waals surface area contributed by atoms with Gasteiger partial charge in [0.2, 0.25) is 0 Å². The molecule has 0 radical (unpaired) electrons. The van der Waals surface area contributed by atoms with Crippen LogP contribution in [-0.4, -0.2) is 15.6 Å². The van der Waals surface area contributed by atoms with Crippen LogP contribution in [0.5, 0.6) is 0 Å². The SMILES string of the molecule is O=C1C2=C(C=C[I-]C=C2)CN1I. The Morgan fingerprint density at radius 3 is 3.00 bits per heavy atom. The normalized spacial score (nSPS) is 22.4. The quantitative estimate of drug-likeness (QED) is 0.371. The first-order valence-corrected chi connectivity index (χ1v) is 6.90. The Bertz CT molecular complexity index is 317. The van der Waals surface area contributed by atoms with Gasteiger partial charge in [-0.15, -0.1) is 0 Å². The number of hydrogen-bond donors (Lipinski definition) is 0. The van der Waals surface area contributed by atoms with Gasteiger partial charge in [0.1, 0.15) is 0 Å². The molecule has 2 aliphatic heterocycles. The van der Waals surface area contributed by atoms with Crippen LogP contribution >= 0.6 is 22.9 Å². The van der Waals surface area contributed by atoms with Crippen LogP contribution in [0.4, 0.5) is 0 Å². The second-order valence-electron chi connectivity index (χ2n) is 2.48. The van der Waals surface area contributed by atoms with Gasteiger partial charge in [0.15, 0.2) is 0 Å². The monoisotopic (exact) mass is 386 g/mol. The maximum absolute atomic E-state index is 11.5. The van der Waals surface area contributed by atoms with Gasteiger partial charge in [-0.25, -0.2) is 0 Å². The van der Waals surface area contributed by atoms with Gasteiger partial charge < -0.3 is 0 Å². The van der Waals surface area contributed by atoms with E-state index in [0.29, 0.717) is 0 Å². The third-order valence-corrected chi connectivity index (χ3v) is 4.07. The Hall–Kier alpha value is 0.150. The van der Waals surface area contributed by atoms with Gasteiger partial charge in [-0.1, -0.05) is 0 Å². The average molecular weight is 386 g/mol. The summed E-state index contributed by atoms with van der Waals surface area (Å²) in [6, 6.07) is 0. The van der Waals surface area contributed by atoms with Gasteiger partial charge in [0.05, 0.1) is 0 Å². The molecule has 0 aromatic rings. The van der Waals surface area contributed by atoms with Crippen molar-refractivity contribution in [3.05, 3.63) is 31.5 Å². The van der Waals surface area contributed by atoms with Gasteiger partial charge in [-0.3, -0.25) is 0 Å². The van der Waals surface area contributed by atoms with Crippen LogP contribution in [0.2, 0.25) is 0 Å². The summed E-state index contributed by atoms with van der Waals surface area (Å²) in [6.45, 7) is 0.763. The summed E-state index contributed by atoms with van der Waals surface area (Å²) in [5.41, 5.74) is 2.06. The van der Waals surface area contributed by atoms with Crippen molar-refractivity contribution >= 4 is 28.8 Å². The Labute approximate surface area is 95.1 Å². The molecule has 0 saturated heterocycles. The molecule has 0 N–H and O–H groups in total. The number of rotatable bonds is 0. The van der Waals surface area contributed by atoms with Crippen molar-refractivity contribution in [1.29, 1.82) is 0 Å². The molecule has 64 valence electrons. The summed E-state index contributed by atoms with van der Waals surface area (Å²) in [5, 5.41) is 0. The molecule has 0 spiro atoms. The van der Waals surface area contributed by atoms with Crippen LogP contribution in [0.15, 0.2) is 31.5 Å². The van der Waals surface area contributed by atoms with Crippen LogP contribution in [0.25, 0.3) is 0 Å². The van der Waals surface area contributed by atoms with E-state index in [2.05, 4.69) is 37.1 Å². The predicted molar refractivity (Wildman–Crippen MR) is 51.0 cm³/mol. The number of carbonyl (C=O) groups is 1. The Kier molecular flexibility index (Phi) is 2.54. The molecule has 2 rings (SSSR count). The fourth-order valence-electron chi connectivity index (χ4n) is 1.15. The summed E-state index contributed by atoms with van der Waals surface area (Å²) in [4.78, 5) is 11.5. The number of amides is 1. The Balaban J connectivity index is 2.41. The molecule has 12 heavy (non-hydrogen) atoms. The molecule has 2 heterocycles. The minimum absolute atomic E-state index is 0.0507. The first-order valence-electron chi connectivity index (χ1n) is 3.45. The summed E-state index contributed by atoms with van der Waals surface area (Å²) >= 11 is 2.11. The Morgan fingerprint density at radius 1 is 1.42 bits per heavy atom. The van der Waals surface area contributed by atoms with E-state index >= 15 is 0 Å². The molecule has 2 nitrogen and oxygen atoms in total. The zero-order valence-electron chi connectivity index (χ0n) is 6.13. The number of hydrogen-bond acceptors (Lipinski definition) is 1. The summed E-state index contributed by atoms with van der Waals surface area (Å²) < 4.78 is 6.05. The van der Waals surface area contributed by atoms with Crippen molar-refractivity contribution in [3.8, 4) is 0 Å². The standard InChI is InChI=1S/C8H6I2NO/c9-11-5-6-1-3-10-4-2-7(6)8(11)12/h1-4H,5H2/q-1. The predicted octanol–water partition coefficient (Wildman–Crippen LogP) is -1.39. The zero-order valence-corrected chi connectivity index (χ0v) is 10.4. The van der Waals surface area contributed by atoms with E-state index in [9.17, 15) is 4.79 Å². The van der Waals surface area contributed by atoms with Crippen molar-refractivity contribution in [2.45, 2.75) is 0 Å². The van der Waals surface area contributed by atoms with E-state index in [1.54, 1.807) is 3.11 Å². The summed E-state index contributed by atoms with van der Waals surface area (Å²) in [6.07, 6.45) is 4.07. The van der Waals surface area contributed by atoms with Crippen LogP contribution in [0, 0.1) is 0 Å². The Morgan fingerprint density at radius 2 is 2.17 bits per heavy atom. The number of halogens is 2. The molecular formula is C8H6I2NO-. The van der Waals surface area contributed by atoms with E-state index in [0.717, 1.165) is 12.1 Å². The summed E-state index contributed by atoms with van der Waals surface area (Å²) in [7, 11) is 0. The van der Waals surface area contributed by atoms with Gasteiger partial charge in [0, 0.05) is 0 Å². The molecule has 2 aliphatic rings. The van der Waals surface area contributed by atoms with Gasteiger partial charge in [-0.05, 0) is 0 Å². The van der Waals surface area contributed by atoms with Gasteiger partial charge >= 0.3 is 95.9 Å².